The Morgan fingerprint density at radius 3 is 2.47 bits per heavy atom. The second-order valence-electron chi connectivity index (χ2n) is 9.88. The first kappa shape index (κ1) is 27.2. The van der Waals surface area contributed by atoms with Crippen molar-refractivity contribution in [3.63, 3.8) is 0 Å². The van der Waals surface area contributed by atoms with Gasteiger partial charge >= 0.3 is 0 Å². The molecule has 4 aromatic rings. The molecule has 0 spiro atoms. The number of pyridine rings is 1. The molecule has 198 valence electrons. The van der Waals surface area contributed by atoms with Crippen molar-refractivity contribution in [2.24, 2.45) is 5.41 Å². The van der Waals surface area contributed by atoms with Crippen molar-refractivity contribution in [3.05, 3.63) is 73.9 Å². The molecule has 0 fully saturated rings. The summed E-state index contributed by atoms with van der Waals surface area (Å²) in [6.45, 7) is 5.73. The summed E-state index contributed by atoms with van der Waals surface area (Å²) in [5, 5.41) is 15.4. The minimum atomic E-state index is -0.694. The van der Waals surface area contributed by atoms with Crippen LogP contribution in [0.25, 0.3) is 11.3 Å². The highest BCUT2D eigenvalue weighted by molar-refractivity contribution is 7.16. The van der Waals surface area contributed by atoms with Crippen LogP contribution in [0.1, 0.15) is 40.8 Å². The largest absolute Gasteiger partial charge is 0.365 e. The zero-order valence-electron chi connectivity index (χ0n) is 21.7. The Balaban J connectivity index is 1.79. The third-order valence-electron chi connectivity index (χ3n) is 5.68. The Bertz CT molecular complexity index is 1530. The van der Waals surface area contributed by atoms with Crippen LogP contribution in [-0.4, -0.2) is 50.3 Å². The Morgan fingerprint density at radius 2 is 1.87 bits per heavy atom. The SMILES string of the molecule is CN(C)c1c(-c2cc(NCc3ccc(Cl)s3)n(C(=O)C(C)(C)C)n2)ccc(=O)n1CC(=O)c1ccnnc1. The summed E-state index contributed by atoms with van der Waals surface area (Å²) in [5.41, 5.74) is 0.385. The molecule has 0 aliphatic rings. The minimum Gasteiger partial charge on any atom is -0.365 e. The van der Waals surface area contributed by atoms with E-state index in [0.717, 1.165) is 4.88 Å². The molecule has 0 unspecified atom stereocenters. The second-order valence-corrected chi connectivity index (χ2v) is 11.7. The molecule has 0 radical (unpaired) electrons. The maximum atomic E-state index is 13.3. The van der Waals surface area contributed by atoms with Crippen molar-refractivity contribution < 1.29 is 9.59 Å². The topological polar surface area (TPSA) is 115 Å². The van der Waals surface area contributed by atoms with Crippen LogP contribution in [0.2, 0.25) is 4.34 Å². The molecule has 4 rings (SSSR count). The molecule has 0 saturated carbocycles. The van der Waals surface area contributed by atoms with Gasteiger partial charge in [0.05, 0.1) is 35.5 Å². The summed E-state index contributed by atoms with van der Waals surface area (Å²) in [6, 6.07) is 10.1. The summed E-state index contributed by atoms with van der Waals surface area (Å²) in [4.78, 5) is 41.9. The van der Waals surface area contributed by atoms with Crippen molar-refractivity contribution in [2.45, 2.75) is 33.9 Å². The van der Waals surface area contributed by atoms with Gasteiger partial charge in [-0.3, -0.25) is 19.0 Å². The van der Waals surface area contributed by atoms with Crippen LogP contribution >= 0.6 is 22.9 Å². The Morgan fingerprint density at radius 1 is 1.11 bits per heavy atom. The summed E-state index contributed by atoms with van der Waals surface area (Å²) in [5.74, 6) is 0.506. The number of Topliss-reactive ketones (excluding diaryl/α,β-unsaturated/α-hetero) is 1. The first-order valence-electron chi connectivity index (χ1n) is 11.8. The molecule has 10 nitrogen and oxygen atoms in total. The van der Waals surface area contributed by atoms with E-state index in [9.17, 15) is 14.4 Å². The molecular weight excluding hydrogens is 526 g/mol. The number of anilines is 2. The number of nitrogens with one attached hydrogen (secondary N) is 1. The average Bonchev–Trinajstić information content (AvgIpc) is 3.48. The number of carbonyl (C=O) groups is 2. The summed E-state index contributed by atoms with van der Waals surface area (Å²) >= 11 is 7.52. The number of nitrogens with zero attached hydrogens (tertiary/aromatic N) is 6. The molecule has 38 heavy (non-hydrogen) atoms. The van der Waals surface area contributed by atoms with Gasteiger partial charge in [-0.05, 0) is 24.3 Å². The van der Waals surface area contributed by atoms with Crippen molar-refractivity contribution in [2.75, 3.05) is 24.3 Å². The lowest BCUT2D eigenvalue weighted by Gasteiger charge is -2.22. The highest BCUT2D eigenvalue weighted by atomic mass is 35.5. The molecule has 0 aromatic carbocycles. The molecule has 0 aliphatic heterocycles. The summed E-state index contributed by atoms with van der Waals surface area (Å²) in [7, 11) is 3.56. The fourth-order valence-corrected chi connectivity index (χ4v) is 4.86. The number of rotatable bonds is 8. The smallest absolute Gasteiger partial charge is 0.254 e. The van der Waals surface area contributed by atoms with Crippen LogP contribution in [0, 0.1) is 5.41 Å². The van der Waals surface area contributed by atoms with Crippen LogP contribution in [0.3, 0.4) is 0 Å². The minimum absolute atomic E-state index is 0.197. The van der Waals surface area contributed by atoms with E-state index in [-0.39, 0.29) is 23.8 Å². The molecular formula is C26H28ClN7O3S. The van der Waals surface area contributed by atoms with E-state index >= 15 is 0 Å². The molecule has 4 aromatic heterocycles. The van der Waals surface area contributed by atoms with E-state index in [1.165, 1.54) is 39.0 Å². The van der Waals surface area contributed by atoms with Gasteiger partial charge in [0.15, 0.2) is 5.78 Å². The Labute approximate surface area is 228 Å². The molecule has 0 aliphatic carbocycles. The van der Waals surface area contributed by atoms with Gasteiger partial charge in [-0.25, -0.2) is 0 Å². The first-order valence-corrected chi connectivity index (χ1v) is 13.0. The summed E-state index contributed by atoms with van der Waals surface area (Å²) in [6.07, 6.45) is 2.79. The van der Waals surface area contributed by atoms with E-state index in [0.29, 0.717) is 39.3 Å². The predicted molar refractivity (Wildman–Crippen MR) is 149 cm³/mol. The second kappa shape index (κ2) is 10.9. The van der Waals surface area contributed by atoms with Gasteiger partial charge in [-0.15, -0.1) is 11.3 Å². The quantitative estimate of drug-likeness (QED) is 0.318. The Kier molecular flexibility index (Phi) is 7.79. The zero-order chi connectivity index (χ0) is 27.6. The molecule has 4 heterocycles. The standard InChI is InChI=1S/C26H28ClN7O3S/c1-26(2,3)25(37)34-22(28-14-17-6-8-21(27)38-17)12-19(31-34)18-7-9-23(36)33(24(18)32(4)5)15-20(35)16-10-11-29-30-13-16/h6-13,28H,14-15H2,1-5H3. The van der Waals surface area contributed by atoms with Crippen molar-refractivity contribution in [1.29, 1.82) is 0 Å². The summed E-state index contributed by atoms with van der Waals surface area (Å²) < 4.78 is 3.42. The highest BCUT2D eigenvalue weighted by Crippen LogP contribution is 2.32. The van der Waals surface area contributed by atoms with E-state index in [4.69, 9.17) is 11.6 Å². The molecule has 0 amide bonds. The van der Waals surface area contributed by atoms with Gasteiger partial charge in [0, 0.05) is 47.6 Å². The fraction of sp³-hybridized carbons (Fsp3) is 0.308. The fourth-order valence-electron chi connectivity index (χ4n) is 3.83. The Hall–Kier alpha value is -3.83. The first-order chi connectivity index (χ1) is 18.0. The molecule has 0 saturated heterocycles. The van der Waals surface area contributed by atoms with Crippen molar-refractivity contribution >= 4 is 46.3 Å². The van der Waals surface area contributed by atoms with Crippen molar-refractivity contribution in [3.8, 4) is 11.3 Å². The highest BCUT2D eigenvalue weighted by Gasteiger charge is 2.28. The number of hydrogen-bond donors (Lipinski definition) is 1. The van der Waals surface area contributed by atoms with Gasteiger partial charge in [-0.2, -0.15) is 20.0 Å². The van der Waals surface area contributed by atoms with Gasteiger partial charge in [0.25, 0.3) is 11.5 Å². The molecule has 12 heteroatoms. The number of ketones is 1. The zero-order valence-corrected chi connectivity index (χ0v) is 23.3. The van der Waals surface area contributed by atoms with Crippen LogP contribution in [-0.2, 0) is 13.1 Å². The predicted octanol–water partition coefficient (Wildman–Crippen LogP) is 4.46. The number of thiophene rings is 1. The van der Waals surface area contributed by atoms with Gasteiger partial charge in [-0.1, -0.05) is 32.4 Å². The van der Waals surface area contributed by atoms with Crippen LogP contribution in [0.5, 0.6) is 0 Å². The van der Waals surface area contributed by atoms with Crippen LogP contribution in [0.15, 0.2) is 53.6 Å². The number of aromatic nitrogens is 5. The van der Waals surface area contributed by atoms with E-state index in [2.05, 4.69) is 20.6 Å². The third-order valence-corrected chi connectivity index (χ3v) is 6.91. The maximum absolute atomic E-state index is 13.3. The molecule has 1 N–H and O–H groups in total. The van der Waals surface area contributed by atoms with Gasteiger partial charge < -0.3 is 10.2 Å². The number of carbonyl (C=O) groups excluding carboxylic acids is 2. The van der Waals surface area contributed by atoms with Crippen LogP contribution < -0.4 is 15.8 Å². The third kappa shape index (κ3) is 5.84. The lowest BCUT2D eigenvalue weighted by molar-refractivity contribution is 0.0752. The van der Waals surface area contributed by atoms with Gasteiger partial charge in [0.1, 0.15) is 11.6 Å². The lowest BCUT2D eigenvalue weighted by Crippen LogP contribution is -2.30. The van der Waals surface area contributed by atoms with Gasteiger partial charge in [0.2, 0.25) is 0 Å². The normalized spacial score (nSPS) is 11.4. The monoisotopic (exact) mass is 553 g/mol. The van der Waals surface area contributed by atoms with Crippen molar-refractivity contribution in [1.82, 2.24) is 24.5 Å². The lowest BCUT2D eigenvalue weighted by atomic mass is 9.96. The number of hydrogen-bond acceptors (Lipinski definition) is 9. The van der Waals surface area contributed by atoms with E-state index < -0.39 is 5.41 Å². The van der Waals surface area contributed by atoms with E-state index in [1.54, 1.807) is 37.2 Å². The molecule has 0 atom stereocenters. The molecule has 0 bridgehead atoms. The van der Waals surface area contributed by atoms with Crippen LogP contribution in [0.4, 0.5) is 11.6 Å². The average molecular weight is 554 g/mol. The number of halogens is 1. The van der Waals surface area contributed by atoms with E-state index in [1.807, 2.05) is 32.9 Å². The maximum Gasteiger partial charge on any atom is 0.254 e.